The molecule has 0 aromatic heterocycles. The van der Waals surface area contributed by atoms with Crippen LogP contribution in [0.2, 0.25) is 5.02 Å². The molecule has 6 nitrogen and oxygen atoms in total. The first-order valence-electron chi connectivity index (χ1n) is 9.28. The van der Waals surface area contributed by atoms with Gasteiger partial charge in [0.2, 0.25) is 11.8 Å². The van der Waals surface area contributed by atoms with Gasteiger partial charge < -0.3 is 15.4 Å². The molecule has 1 fully saturated rings. The predicted molar refractivity (Wildman–Crippen MR) is 108 cm³/mol. The van der Waals surface area contributed by atoms with E-state index in [1.165, 1.54) is 11.8 Å². The van der Waals surface area contributed by atoms with Gasteiger partial charge in [-0.3, -0.25) is 14.5 Å². The molecule has 0 spiro atoms. The van der Waals surface area contributed by atoms with E-state index in [-0.39, 0.29) is 24.3 Å². The second-order valence-electron chi connectivity index (χ2n) is 7.39. The number of nitrogens with one attached hydrogen (secondary N) is 2. The molecule has 2 amide bonds. The van der Waals surface area contributed by atoms with Crippen molar-refractivity contribution in [3.05, 3.63) is 23.2 Å². The lowest BCUT2D eigenvalue weighted by atomic mass is 10.1. The number of carbonyl (C=O) groups is 2. The van der Waals surface area contributed by atoms with Crippen LogP contribution >= 0.6 is 23.4 Å². The van der Waals surface area contributed by atoms with Crippen LogP contribution in [0.1, 0.15) is 20.3 Å². The second kappa shape index (κ2) is 9.28. The largest absolute Gasteiger partial charge is 0.374 e. The van der Waals surface area contributed by atoms with E-state index < -0.39 is 5.25 Å². The highest BCUT2D eigenvalue weighted by molar-refractivity contribution is 8.01. The normalized spacial score (nSPS) is 23.0. The molecule has 2 atom stereocenters. The molecule has 2 aliphatic rings. The number of thioether (sulfide) groups is 1. The van der Waals surface area contributed by atoms with Gasteiger partial charge in [-0.1, -0.05) is 25.4 Å². The minimum atomic E-state index is -0.441. The lowest BCUT2D eigenvalue weighted by molar-refractivity contribution is -0.124. The van der Waals surface area contributed by atoms with Crippen molar-refractivity contribution < 1.29 is 14.3 Å². The molecular formula is C19H26ClN3O3S. The lowest BCUT2D eigenvalue weighted by Gasteiger charge is -2.34. The van der Waals surface area contributed by atoms with Crippen molar-refractivity contribution in [1.82, 2.24) is 10.2 Å². The summed E-state index contributed by atoms with van der Waals surface area (Å²) >= 11 is 7.36. The standard InChI is InChI=1S/C19H26ClN3O3S/c1-12(2)10-23-5-6-26-14(11-23)9-21-18(24)8-17-19(25)22-15-7-13(20)3-4-16(15)27-17/h3-4,7,12,14,17H,5-6,8-11H2,1-2H3,(H,21,24)(H,22,25)/t14-,17-/m0/s1. The van der Waals surface area contributed by atoms with Crippen LogP contribution in [-0.4, -0.2) is 60.9 Å². The summed E-state index contributed by atoms with van der Waals surface area (Å²) in [6.45, 7) is 8.36. The van der Waals surface area contributed by atoms with Crippen molar-refractivity contribution in [2.75, 3.05) is 38.1 Å². The number of rotatable bonds is 6. The van der Waals surface area contributed by atoms with Gasteiger partial charge in [0.25, 0.3) is 0 Å². The molecule has 1 saturated heterocycles. The highest BCUT2D eigenvalue weighted by atomic mass is 35.5. The number of halogens is 1. The minimum absolute atomic E-state index is 0.00264. The summed E-state index contributed by atoms with van der Waals surface area (Å²) in [5.41, 5.74) is 0.704. The average Bonchev–Trinajstić information content (AvgIpc) is 2.60. The van der Waals surface area contributed by atoms with Gasteiger partial charge in [-0.25, -0.2) is 0 Å². The fraction of sp³-hybridized carbons (Fsp3) is 0.579. The van der Waals surface area contributed by atoms with E-state index >= 15 is 0 Å². The van der Waals surface area contributed by atoms with Crippen molar-refractivity contribution in [3.8, 4) is 0 Å². The first-order valence-corrected chi connectivity index (χ1v) is 10.5. The lowest BCUT2D eigenvalue weighted by Crippen LogP contribution is -2.48. The van der Waals surface area contributed by atoms with Crippen LogP contribution in [-0.2, 0) is 14.3 Å². The minimum Gasteiger partial charge on any atom is -0.374 e. The number of ether oxygens (including phenoxy) is 1. The van der Waals surface area contributed by atoms with E-state index in [0.29, 0.717) is 29.8 Å². The number of carbonyl (C=O) groups excluding carboxylic acids is 2. The first kappa shape index (κ1) is 20.5. The van der Waals surface area contributed by atoms with E-state index in [1.54, 1.807) is 12.1 Å². The third-order valence-electron chi connectivity index (χ3n) is 4.51. The van der Waals surface area contributed by atoms with E-state index in [9.17, 15) is 9.59 Å². The fourth-order valence-electron chi connectivity index (χ4n) is 3.31. The quantitative estimate of drug-likeness (QED) is 0.753. The molecule has 0 radical (unpaired) electrons. The summed E-state index contributed by atoms with van der Waals surface area (Å²) < 4.78 is 5.76. The van der Waals surface area contributed by atoms with Crippen LogP contribution < -0.4 is 10.6 Å². The van der Waals surface area contributed by atoms with E-state index in [4.69, 9.17) is 16.3 Å². The average molecular weight is 412 g/mol. The SMILES string of the molecule is CC(C)CN1CCO[C@@H](CNC(=O)C[C@@H]2Sc3ccc(Cl)cc3NC2=O)C1. The van der Waals surface area contributed by atoms with Gasteiger partial charge >= 0.3 is 0 Å². The van der Waals surface area contributed by atoms with Gasteiger partial charge in [-0.15, -0.1) is 11.8 Å². The molecule has 2 N–H and O–H groups in total. The third-order valence-corrected chi connectivity index (χ3v) is 6.02. The number of hydrogen-bond acceptors (Lipinski definition) is 5. The Bertz CT molecular complexity index is 701. The highest BCUT2D eigenvalue weighted by Gasteiger charge is 2.29. The van der Waals surface area contributed by atoms with Crippen molar-refractivity contribution >= 4 is 40.9 Å². The van der Waals surface area contributed by atoms with Gasteiger partial charge in [0, 0.05) is 42.5 Å². The summed E-state index contributed by atoms with van der Waals surface area (Å²) in [5, 5.41) is 5.88. The number of hydrogen-bond donors (Lipinski definition) is 2. The van der Waals surface area contributed by atoms with Gasteiger partial charge in [0.15, 0.2) is 0 Å². The Labute approximate surface area is 169 Å². The first-order chi connectivity index (χ1) is 12.9. The zero-order chi connectivity index (χ0) is 19.4. The maximum atomic E-state index is 12.3. The molecule has 0 saturated carbocycles. The van der Waals surface area contributed by atoms with E-state index in [1.807, 2.05) is 6.07 Å². The number of amides is 2. The Balaban J connectivity index is 1.47. The Kier molecular flexibility index (Phi) is 7.03. The van der Waals surface area contributed by atoms with Crippen LogP contribution in [0.15, 0.2) is 23.1 Å². The molecule has 0 unspecified atom stereocenters. The molecule has 1 aromatic carbocycles. The van der Waals surface area contributed by atoms with Crippen LogP contribution in [0.5, 0.6) is 0 Å². The summed E-state index contributed by atoms with van der Waals surface area (Å²) in [5.74, 6) is 0.310. The number of nitrogens with zero attached hydrogens (tertiary/aromatic N) is 1. The Morgan fingerprint density at radius 1 is 1.48 bits per heavy atom. The molecule has 0 bridgehead atoms. The Morgan fingerprint density at radius 2 is 2.30 bits per heavy atom. The van der Waals surface area contributed by atoms with Gasteiger partial charge in [-0.05, 0) is 24.1 Å². The molecule has 27 heavy (non-hydrogen) atoms. The third kappa shape index (κ3) is 5.85. The van der Waals surface area contributed by atoms with E-state index in [0.717, 1.165) is 24.5 Å². The van der Waals surface area contributed by atoms with Gasteiger partial charge in [-0.2, -0.15) is 0 Å². The predicted octanol–water partition coefficient (Wildman–Crippen LogP) is 2.62. The van der Waals surface area contributed by atoms with Crippen molar-refractivity contribution in [2.45, 2.75) is 36.5 Å². The summed E-state index contributed by atoms with van der Waals surface area (Å²) in [6.07, 6.45) is 0.137. The summed E-state index contributed by atoms with van der Waals surface area (Å²) in [7, 11) is 0. The zero-order valence-corrected chi connectivity index (χ0v) is 17.2. The molecule has 8 heteroatoms. The molecule has 148 valence electrons. The van der Waals surface area contributed by atoms with Crippen molar-refractivity contribution in [3.63, 3.8) is 0 Å². The topological polar surface area (TPSA) is 70.7 Å². The van der Waals surface area contributed by atoms with Crippen LogP contribution in [0, 0.1) is 5.92 Å². The highest BCUT2D eigenvalue weighted by Crippen LogP contribution is 2.38. The molecule has 2 aliphatic heterocycles. The summed E-state index contributed by atoms with van der Waals surface area (Å²) in [6, 6.07) is 5.37. The van der Waals surface area contributed by atoms with Gasteiger partial charge in [0.05, 0.1) is 23.6 Å². The molecular weight excluding hydrogens is 386 g/mol. The number of fused-ring (bicyclic) bond motifs is 1. The maximum Gasteiger partial charge on any atom is 0.238 e. The zero-order valence-electron chi connectivity index (χ0n) is 15.7. The summed E-state index contributed by atoms with van der Waals surface area (Å²) in [4.78, 5) is 27.9. The number of benzene rings is 1. The van der Waals surface area contributed by atoms with Crippen LogP contribution in [0.3, 0.4) is 0 Å². The molecule has 2 heterocycles. The molecule has 1 aromatic rings. The number of morpholine rings is 1. The monoisotopic (exact) mass is 411 g/mol. The Hall–Kier alpha value is -1.28. The molecule has 0 aliphatic carbocycles. The van der Waals surface area contributed by atoms with Crippen molar-refractivity contribution in [1.29, 1.82) is 0 Å². The van der Waals surface area contributed by atoms with E-state index in [2.05, 4.69) is 29.4 Å². The molecule has 3 rings (SSSR count). The number of anilines is 1. The fourth-order valence-corrected chi connectivity index (χ4v) is 4.57. The van der Waals surface area contributed by atoms with Crippen molar-refractivity contribution in [2.24, 2.45) is 5.92 Å². The second-order valence-corrected chi connectivity index (χ2v) is 9.07. The van der Waals surface area contributed by atoms with Crippen LogP contribution in [0.25, 0.3) is 0 Å². The van der Waals surface area contributed by atoms with Gasteiger partial charge in [0.1, 0.15) is 0 Å². The smallest absolute Gasteiger partial charge is 0.238 e. The van der Waals surface area contributed by atoms with Crippen LogP contribution in [0.4, 0.5) is 5.69 Å². The Morgan fingerprint density at radius 3 is 3.07 bits per heavy atom. The maximum absolute atomic E-state index is 12.3.